The van der Waals surface area contributed by atoms with Gasteiger partial charge in [0.1, 0.15) is 12.6 Å². The van der Waals surface area contributed by atoms with Crippen LogP contribution in [0.4, 0.5) is 5.69 Å². The van der Waals surface area contributed by atoms with E-state index in [0.29, 0.717) is 16.3 Å². The van der Waals surface area contributed by atoms with E-state index in [2.05, 4.69) is 5.32 Å². The molecule has 9 heteroatoms. The standard InChI is InChI=1S/C32H38ClN3O4S/c1-23-16-18-29(19-17-23)41(39,40)36(30-15-8-7-10-24(30)2)22-31(37)35(21-26-11-9-12-27(33)20-26)25(3)32(38)34-28-13-5-4-6-14-28/h7-12,15-20,25,28H,4-6,13-14,21-22H2,1-3H3,(H,34,38)/t25-/m0/s1. The fourth-order valence-corrected chi connectivity index (χ4v) is 6.87. The first-order valence-electron chi connectivity index (χ1n) is 14.1. The van der Waals surface area contributed by atoms with Gasteiger partial charge in [0.15, 0.2) is 0 Å². The number of amides is 2. The van der Waals surface area contributed by atoms with E-state index >= 15 is 0 Å². The molecule has 0 spiro atoms. The third-order valence-corrected chi connectivity index (χ3v) is 9.64. The van der Waals surface area contributed by atoms with Gasteiger partial charge in [0.25, 0.3) is 10.0 Å². The minimum atomic E-state index is -4.11. The van der Waals surface area contributed by atoms with Crippen LogP contribution in [-0.2, 0) is 26.2 Å². The first-order valence-corrected chi connectivity index (χ1v) is 15.9. The third-order valence-electron chi connectivity index (χ3n) is 7.63. The van der Waals surface area contributed by atoms with E-state index in [1.54, 1.807) is 74.5 Å². The van der Waals surface area contributed by atoms with E-state index in [1.807, 2.05) is 19.1 Å². The highest BCUT2D eigenvalue weighted by atomic mass is 35.5. The van der Waals surface area contributed by atoms with Gasteiger partial charge in [-0.25, -0.2) is 8.42 Å². The molecule has 3 aromatic carbocycles. The van der Waals surface area contributed by atoms with Crippen LogP contribution in [0.1, 0.15) is 55.7 Å². The van der Waals surface area contributed by atoms with Gasteiger partial charge in [-0.05, 0) is 75.1 Å². The van der Waals surface area contributed by atoms with Crippen LogP contribution >= 0.6 is 11.6 Å². The minimum Gasteiger partial charge on any atom is -0.352 e. The summed E-state index contributed by atoms with van der Waals surface area (Å²) < 4.78 is 29.1. The molecular weight excluding hydrogens is 558 g/mol. The van der Waals surface area contributed by atoms with Crippen LogP contribution in [0.2, 0.25) is 5.02 Å². The normalized spacial score (nSPS) is 14.7. The molecule has 1 atom stereocenters. The Labute approximate surface area is 248 Å². The summed E-state index contributed by atoms with van der Waals surface area (Å²) in [5.74, 6) is -0.744. The molecule has 0 heterocycles. The lowest BCUT2D eigenvalue weighted by molar-refractivity contribution is -0.139. The Bertz CT molecular complexity index is 1470. The summed E-state index contributed by atoms with van der Waals surface area (Å²) in [6.07, 6.45) is 5.11. The highest BCUT2D eigenvalue weighted by molar-refractivity contribution is 7.92. The average Bonchev–Trinajstić information content (AvgIpc) is 2.95. The fourth-order valence-electron chi connectivity index (χ4n) is 5.18. The van der Waals surface area contributed by atoms with E-state index in [4.69, 9.17) is 11.6 Å². The van der Waals surface area contributed by atoms with Gasteiger partial charge in [-0.15, -0.1) is 0 Å². The van der Waals surface area contributed by atoms with Crippen molar-refractivity contribution in [1.29, 1.82) is 0 Å². The quantitative estimate of drug-likeness (QED) is 0.311. The van der Waals surface area contributed by atoms with Crippen LogP contribution in [0.3, 0.4) is 0 Å². The second-order valence-electron chi connectivity index (χ2n) is 10.8. The van der Waals surface area contributed by atoms with E-state index < -0.39 is 28.5 Å². The molecule has 41 heavy (non-hydrogen) atoms. The summed E-state index contributed by atoms with van der Waals surface area (Å²) in [4.78, 5) is 29.0. The van der Waals surface area contributed by atoms with Gasteiger partial charge in [0.05, 0.1) is 10.6 Å². The zero-order valence-corrected chi connectivity index (χ0v) is 25.4. The number of nitrogens with one attached hydrogen (secondary N) is 1. The minimum absolute atomic E-state index is 0.0761. The molecule has 1 fully saturated rings. The van der Waals surface area contributed by atoms with Crippen molar-refractivity contribution in [3.63, 3.8) is 0 Å². The van der Waals surface area contributed by atoms with Gasteiger partial charge in [0.2, 0.25) is 11.8 Å². The van der Waals surface area contributed by atoms with Crippen LogP contribution in [0.15, 0.2) is 77.7 Å². The Kier molecular flexibility index (Phi) is 10.1. The van der Waals surface area contributed by atoms with Crippen molar-refractivity contribution in [1.82, 2.24) is 10.2 Å². The highest BCUT2D eigenvalue weighted by Crippen LogP contribution is 2.28. The average molecular weight is 596 g/mol. The molecule has 0 bridgehead atoms. The lowest BCUT2D eigenvalue weighted by Gasteiger charge is -2.33. The van der Waals surface area contributed by atoms with Crippen molar-refractivity contribution < 1.29 is 18.0 Å². The van der Waals surface area contributed by atoms with Crippen LogP contribution in [0.25, 0.3) is 0 Å². The van der Waals surface area contributed by atoms with Gasteiger partial charge in [-0.2, -0.15) is 0 Å². The van der Waals surface area contributed by atoms with Crippen molar-refractivity contribution >= 4 is 39.1 Å². The SMILES string of the molecule is Cc1ccc(S(=O)(=O)N(CC(=O)N(Cc2cccc(Cl)c2)[C@@H](C)C(=O)NC2CCCCC2)c2ccccc2C)cc1. The predicted octanol–water partition coefficient (Wildman–Crippen LogP) is 6.02. The molecule has 0 unspecified atom stereocenters. The van der Waals surface area contributed by atoms with Crippen LogP contribution in [-0.4, -0.2) is 43.8 Å². The van der Waals surface area contributed by atoms with Crippen molar-refractivity contribution in [3.05, 3.63) is 94.5 Å². The summed E-state index contributed by atoms with van der Waals surface area (Å²) in [5.41, 5.74) is 2.78. The molecule has 218 valence electrons. The number of carbonyl (C=O) groups excluding carboxylic acids is 2. The van der Waals surface area contributed by atoms with E-state index in [9.17, 15) is 18.0 Å². The highest BCUT2D eigenvalue weighted by Gasteiger charge is 2.33. The monoisotopic (exact) mass is 595 g/mol. The number of rotatable bonds is 10. The third kappa shape index (κ3) is 7.68. The maximum absolute atomic E-state index is 14.1. The molecule has 0 radical (unpaired) electrons. The van der Waals surface area contributed by atoms with Gasteiger partial charge in [-0.3, -0.25) is 13.9 Å². The molecule has 1 saturated carbocycles. The van der Waals surface area contributed by atoms with Gasteiger partial charge >= 0.3 is 0 Å². The summed E-state index contributed by atoms with van der Waals surface area (Å²) in [6, 6.07) is 20.0. The lowest BCUT2D eigenvalue weighted by Crippen LogP contribution is -2.53. The molecule has 1 aliphatic rings. The van der Waals surface area contributed by atoms with Crippen LogP contribution in [0.5, 0.6) is 0 Å². The van der Waals surface area contributed by atoms with Crippen LogP contribution in [0, 0.1) is 13.8 Å². The van der Waals surface area contributed by atoms with Crippen LogP contribution < -0.4 is 9.62 Å². The topological polar surface area (TPSA) is 86.8 Å². The Morgan fingerprint density at radius 1 is 0.951 bits per heavy atom. The van der Waals surface area contributed by atoms with E-state index in [1.165, 1.54) is 4.90 Å². The first-order chi connectivity index (χ1) is 19.6. The number of sulfonamides is 1. The molecule has 0 saturated heterocycles. The number of nitrogens with zero attached hydrogens (tertiary/aromatic N) is 2. The number of carbonyl (C=O) groups is 2. The zero-order chi connectivity index (χ0) is 29.6. The lowest BCUT2D eigenvalue weighted by atomic mass is 9.95. The summed E-state index contributed by atoms with van der Waals surface area (Å²) in [6.45, 7) is 5.01. The smallest absolute Gasteiger partial charge is 0.264 e. The molecule has 3 aromatic rings. The first kappa shape index (κ1) is 30.6. The molecule has 0 aliphatic heterocycles. The fraction of sp³-hybridized carbons (Fsp3) is 0.375. The summed E-state index contributed by atoms with van der Waals surface area (Å²) in [7, 11) is -4.11. The summed E-state index contributed by atoms with van der Waals surface area (Å²) in [5, 5.41) is 3.63. The zero-order valence-electron chi connectivity index (χ0n) is 23.8. The molecule has 1 aliphatic carbocycles. The van der Waals surface area contributed by atoms with Gasteiger partial charge < -0.3 is 10.2 Å². The molecular formula is C32H38ClN3O4S. The van der Waals surface area contributed by atoms with E-state index in [-0.39, 0.29) is 23.4 Å². The second kappa shape index (κ2) is 13.5. The Morgan fingerprint density at radius 2 is 1.63 bits per heavy atom. The summed E-state index contributed by atoms with van der Waals surface area (Å²) >= 11 is 6.23. The molecule has 7 nitrogen and oxygen atoms in total. The maximum atomic E-state index is 14.1. The Morgan fingerprint density at radius 3 is 2.29 bits per heavy atom. The van der Waals surface area contributed by atoms with Crippen molar-refractivity contribution in [3.8, 4) is 0 Å². The van der Waals surface area contributed by atoms with Crippen molar-refractivity contribution in [2.24, 2.45) is 0 Å². The molecule has 4 rings (SSSR count). The Balaban J connectivity index is 1.68. The Hall–Kier alpha value is -3.36. The van der Waals surface area contributed by atoms with E-state index in [0.717, 1.165) is 47.5 Å². The predicted molar refractivity (Wildman–Crippen MR) is 163 cm³/mol. The number of anilines is 1. The number of hydrogen-bond acceptors (Lipinski definition) is 4. The maximum Gasteiger partial charge on any atom is 0.264 e. The van der Waals surface area contributed by atoms with Gasteiger partial charge in [-0.1, -0.05) is 78.9 Å². The number of para-hydroxylation sites is 1. The van der Waals surface area contributed by atoms with Crippen molar-refractivity contribution in [2.75, 3.05) is 10.8 Å². The number of benzene rings is 3. The molecule has 2 amide bonds. The van der Waals surface area contributed by atoms with Gasteiger partial charge in [0, 0.05) is 17.6 Å². The molecule has 1 N–H and O–H groups in total. The number of hydrogen-bond donors (Lipinski definition) is 1. The van der Waals surface area contributed by atoms with Crippen molar-refractivity contribution in [2.45, 2.75) is 76.4 Å². The number of halogens is 1. The molecule has 0 aromatic heterocycles. The second-order valence-corrected chi connectivity index (χ2v) is 13.1. The number of aryl methyl sites for hydroxylation is 2. The largest absolute Gasteiger partial charge is 0.352 e.